The van der Waals surface area contributed by atoms with Crippen molar-refractivity contribution in [3.8, 4) is 0 Å². The highest BCUT2D eigenvalue weighted by Gasteiger charge is 2.44. The lowest BCUT2D eigenvalue weighted by atomic mass is 9.87. The molecule has 0 aliphatic carbocycles. The van der Waals surface area contributed by atoms with Gasteiger partial charge >= 0.3 is 0 Å². The van der Waals surface area contributed by atoms with Gasteiger partial charge in [0.05, 0.1) is 13.2 Å². The highest BCUT2D eigenvalue weighted by molar-refractivity contribution is 14.1. The quantitative estimate of drug-likeness (QED) is 0.580. The Morgan fingerprint density at radius 2 is 2.29 bits per heavy atom. The van der Waals surface area contributed by atoms with Gasteiger partial charge in [-0.15, -0.1) is 0 Å². The molecule has 4 nitrogen and oxygen atoms in total. The molecule has 21 heavy (non-hydrogen) atoms. The smallest absolute Gasteiger partial charge is 0.137 e. The van der Waals surface area contributed by atoms with Crippen molar-refractivity contribution in [1.29, 1.82) is 0 Å². The molecule has 1 unspecified atom stereocenters. The van der Waals surface area contributed by atoms with Crippen LogP contribution in [0.15, 0.2) is 30.9 Å². The molecule has 112 valence electrons. The van der Waals surface area contributed by atoms with E-state index >= 15 is 0 Å². The third kappa shape index (κ3) is 2.94. The van der Waals surface area contributed by atoms with Crippen LogP contribution < -0.4 is 0 Å². The van der Waals surface area contributed by atoms with Crippen LogP contribution in [0.4, 0.5) is 8.78 Å². The SMILES string of the molecule is Fc1ccc([C@]2(Cn3cncn3)CC(CI)CO2)c(F)c1. The summed E-state index contributed by atoms with van der Waals surface area (Å²) in [4.78, 5) is 3.91. The van der Waals surface area contributed by atoms with Crippen LogP contribution in [-0.2, 0) is 16.9 Å². The average molecular weight is 405 g/mol. The van der Waals surface area contributed by atoms with Gasteiger partial charge < -0.3 is 4.74 Å². The number of alkyl halides is 1. The van der Waals surface area contributed by atoms with E-state index in [4.69, 9.17) is 4.74 Å². The molecule has 7 heteroatoms. The molecule has 2 atom stereocenters. The first-order valence-corrected chi connectivity index (χ1v) is 8.13. The molecule has 2 heterocycles. The Kier molecular flexibility index (Phi) is 4.21. The summed E-state index contributed by atoms with van der Waals surface area (Å²) in [6.45, 7) is 0.928. The third-order valence-electron chi connectivity index (χ3n) is 3.74. The predicted molar refractivity (Wildman–Crippen MR) is 81.0 cm³/mol. The van der Waals surface area contributed by atoms with Crippen molar-refractivity contribution < 1.29 is 13.5 Å². The maximum absolute atomic E-state index is 14.2. The highest BCUT2D eigenvalue weighted by atomic mass is 127. The van der Waals surface area contributed by atoms with Gasteiger partial charge in [-0.25, -0.2) is 18.4 Å². The predicted octanol–water partition coefficient (Wildman–Crippen LogP) is 2.92. The summed E-state index contributed by atoms with van der Waals surface area (Å²) in [6, 6.07) is 3.64. The summed E-state index contributed by atoms with van der Waals surface area (Å²) in [6.07, 6.45) is 3.68. The van der Waals surface area contributed by atoms with Crippen LogP contribution in [0.3, 0.4) is 0 Å². The molecule has 0 radical (unpaired) electrons. The number of aromatic nitrogens is 3. The lowest BCUT2D eigenvalue weighted by Crippen LogP contribution is -2.32. The summed E-state index contributed by atoms with van der Waals surface area (Å²) in [7, 11) is 0. The van der Waals surface area contributed by atoms with E-state index < -0.39 is 17.2 Å². The van der Waals surface area contributed by atoms with Crippen LogP contribution in [0.5, 0.6) is 0 Å². The summed E-state index contributed by atoms with van der Waals surface area (Å²) in [5, 5.41) is 4.08. The van der Waals surface area contributed by atoms with E-state index in [0.717, 1.165) is 10.5 Å². The van der Waals surface area contributed by atoms with Crippen LogP contribution >= 0.6 is 22.6 Å². The van der Waals surface area contributed by atoms with Gasteiger partial charge in [-0.3, -0.25) is 0 Å². The average Bonchev–Trinajstić information content (AvgIpc) is 3.09. The fourth-order valence-corrected chi connectivity index (χ4v) is 3.34. The number of hydrogen-bond donors (Lipinski definition) is 0. The van der Waals surface area contributed by atoms with Gasteiger partial charge in [-0.2, -0.15) is 5.10 Å². The summed E-state index contributed by atoms with van der Waals surface area (Å²) < 4.78 is 35.9. The summed E-state index contributed by atoms with van der Waals surface area (Å²) in [5.74, 6) is -0.821. The maximum atomic E-state index is 14.2. The van der Waals surface area contributed by atoms with Crippen molar-refractivity contribution >= 4 is 22.6 Å². The van der Waals surface area contributed by atoms with Gasteiger partial charge in [0.2, 0.25) is 0 Å². The lowest BCUT2D eigenvalue weighted by Gasteiger charge is -2.29. The molecule has 3 rings (SSSR count). The fourth-order valence-electron chi connectivity index (χ4n) is 2.78. The molecule has 1 fully saturated rings. The largest absolute Gasteiger partial charge is 0.368 e. The molecule has 0 saturated carbocycles. The van der Waals surface area contributed by atoms with Crippen LogP contribution in [-0.4, -0.2) is 25.8 Å². The van der Waals surface area contributed by atoms with Crippen molar-refractivity contribution in [3.63, 3.8) is 0 Å². The van der Waals surface area contributed by atoms with Gasteiger partial charge in [-0.1, -0.05) is 28.7 Å². The second kappa shape index (κ2) is 5.96. The number of ether oxygens (including phenoxy) is 1. The monoisotopic (exact) mass is 405 g/mol. The van der Waals surface area contributed by atoms with Crippen molar-refractivity contribution in [1.82, 2.24) is 14.8 Å². The normalized spacial score (nSPS) is 25.4. The van der Waals surface area contributed by atoms with Gasteiger partial charge in [0.1, 0.15) is 29.9 Å². The van der Waals surface area contributed by atoms with E-state index in [2.05, 4.69) is 32.7 Å². The van der Waals surface area contributed by atoms with Crippen LogP contribution in [0.25, 0.3) is 0 Å². The van der Waals surface area contributed by atoms with E-state index in [-0.39, 0.29) is 0 Å². The lowest BCUT2D eigenvalue weighted by molar-refractivity contribution is -0.0202. The molecule has 1 aliphatic rings. The number of nitrogens with zero attached hydrogens (tertiary/aromatic N) is 3. The van der Waals surface area contributed by atoms with E-state index in [0.29, 0.717) is 31.1 Å². The fraction of sp³-hybridized carbons (Fsp3) is 0.429. The molecule has 1 aliphatic heterocycles. The molecule has 1 saturated heterocycles. The third-order valence-corrected chi connectivity index (χ3v) is 4.98. The van der Waals surface area contributed by atoms with Gasteiger partial charge in [-0.05, 0) is 18.4 Å². The minimum Gasteiger partial charge on any atom is -0.368 e. The van der Waals surface area contributed by atoms with Gasteiger partial charge in [0.25, 0.3) is 0 Å². The summed E-state index contributed by atoms with van der Waals surface area (Å²) >= 11 is 2.30. The Balaban J connectivity index is 1.99. The van der Waals surface area contributed by atoms with Crippen molar-refractivity contribution in [2.75, 3.05) is 11.0 Å². The Bertz CT molecular complexity index is 623. The van der Waals surface area contributed by atoms with Crippen molar-refractivity contribution in [2.24, 2.45) is 5.92 Å². The molecule has 0 bridgehead atoms. The molecule has 0 amide bonds. The minimum atomic E-state index is -0.818. The Labute approximate surface area is 134 Å². The number of halogens is 3. The minimum absolute atomic E-state index is 0.346. The van der Waals surface area contributed by atoms with Gasteiger partial charge in [0, 0.05) is 16.1 Å². The molecule has 0 spiro atoms. The number of hydrogen-bond acceptors (Lipinski definition) is 3. The molecule has 1 aromatic carbocycles. The van der Waals surface area contributed by atoms with Crippen LogP contribution in [0.1, 0.15) is 12.0 Å². The van der Waals surface area contributed by atoms with Crippen LogP contribution in [0.2, 0.25) is 0 Å². The molecule has 0 N–H and O–H groups in total. The maximum Gasteiger partial charge on any atom is 0.137 e. The van der Waals surface area contributed by atoms with E-state index in [1.807, 2.05) is 0 Å². The summed E-state index contributed by atoms with van der Waals surface area (Å²) in [5.41, 5.74) is -0.437. The second-order valence-electron chi connectivity index (χ2n) is 5.25. The molecule has 1 aromatic heterocycles. The molecule has 2 aromatic rings. The second-order valence-corrected chi connectivity index (χ2v) is 6.13. The first kappa shape index (κ1) is 14.8. The first-order valence-electron chi connectivity index (χ1n) is 6.61. The Morgan fingerprint density at radius 1 is 1.43 bits per heavy atom. The van der Waals surface area contributed by atoms with E-state index in [9.17, 15) is 8.78 Å². The number of benzene rings is 1. The van der Waals surface area contributed by atoms with Crippen molar-refractivity contribution in [2.45, 2.75) is 18.6 Å². The topological polar surface area (TPSA) is 39.9 Å². The Morgan fingerprint density at radius 3 is 2.90 bits per heavy atom. The number of rotatable bonds is 4. The Hall–Kier alpha value is -1.09. The zero-order valence-electron chi connectivity index (χ0n) is 11.2. The first-order chi connectivity index (χ1) is 10.1. The molecular formula is C14H14F2IN3O. The van der Waals surface area contributed by atoms with Crippen molar-refractivity contribution in [3.05, 3.63) is 48.1 Å². The molecular weight excluding hydrogens is 391 g/mol. The standard InChI is InChI=1S/C14H14F2IN3O/c15-11-1-2-12(13(16)3-11)14(4-10(5-17)6-21-14)7-20-9-18-8-19-20/h1-3,8-10H,4-7H2/t10?,14-/m1/s1. The van der Waals surface area contributed by atoms with Gasteiger partial charge in [0.15, 0.2) is 0 Å². The van der Waals surface area contributed by atoms with Crippen LogP contribution in [0, 0.1) is 17.6 Å². The van der Waals surface area contributed by atoms with E-state index in [1.54, 1.807) is 11.0 Å². The highest BCUT2D eigenvalue weighted by Crippen LogP contribution is 2.42. The zero-order chi connectivity index (χ0) is 14.9. The zero-order valence-corrected chi connectivity index (χ0v) is 13.3. The van der Waals surface area contributed by atoms with E-state index in [1.165, 1.54) is 18.5 Å².